The third-order valence-corrected chi connectivity index (χ3v) is 14.2. The molecule has 0 saturated heterocycles. The first kappa shape index (κ1) is 44.3. The molecule has 6 N–H and O–H groups in total. The summed E-state index contributed by atoms with van der Waals surface area (Å²) >= 11 is 0. The summed E-state index contributed by atoms with van der Waals surface area (Å²) in [5.41, 5.74) is 7.97. The quantitative estimate of drug-likeness (QED) is 0.0790. The lowest BCUT2D eigenvalue weighted by Crippen LogP contribution is -2.40. The van der Waals surface area contributed by atoms with Crippen molar-refractivity contribution < 1.29 is 39.9 Å². The lowest BCUT2D eigenvalue weighted by molar-refractivity contribution is -0.135. The summed E-state index contributed by atoms with van der Waals surface area (Å²) in [6, 6.07) is 19.4. The molecule has 65 heavy (non-hydrogen) atoms. The first-order chi connectivity index (χ1) is 31.6. The number of ether oxygens (including phenoxy) is 1. The topological polar surface area (TPSA) is 189 Å². The van der Waals surface area contributed by atoms with E-state index >= 15 is 4.79 Å². The molecule has 5 aromatic rings. The molecule has 4 aliphatic rings. The minimum atomic E-state index is -1.38. The molecule has 2 aromatic heterocycles. The second-order valence-corrected chi connectivity index (χ2v) is 18.6. The number of hydrogen-bond donors (Lipinski definition) is 6. The maximum atomic E-state index is 15.4. The number of aliphatic hydroxyl groups excluding tert-OH is 2. The zero-order chi connectivity index (χ0) is 45.1. The number of nitrogens with zero attached hydrogens (tertiary/aromatic N) is 2. The Kier molecular flexibility index (Phi) is 13.2. The van der Waals surface area contributed by atoms with Crippen LogP contribution in [0.1, 0.15) is 119 Å². The number of rotatable bonds is 9. The van der Waals surface area contributed by atoms with Crippen molar-refractivity contribution in [2.24, 2.45) is 11.8 Å². The van der Waals surface area contributed by atoms with Gasteiger partial charge in [-0.1, -0.05) is 89.9 Å². The van der Waals surface area contributed by atoms with E-state index in [1.807, 2.05) is 42.6 Å². The van der Waals surface area contributed by atoms with E-state index in [0.717, 1.165) is 64.6 Å². The Hall–Kier alpha value is -5.88. The number of aliphatic hydroxyl groups is 3. The number of H-pyrrole nitrogens is 1. The number of aromatic amines is 1. The number of aromatic hydroxyl groups is 2. The van der Waals surface area contributed by atoms with Gasteiger partial charge in [0.05, 0.1) is 17.6 Å². The number of phenols is 2. The lowest BCUT2D eigenvalue weighted by Gasteiger charge is -2.40. The number of carbonyl (C=O) groups is 2. The average molecular weight is 878 g/mol. The van der Waals surface area contributed by atoms with Crippen LogP contribution >= 0.6 is 0 Å². The molecule has 11 heteroatoms. The molecule has 3 aliphatic carbocycles. The number of phenolic OH excluding ortho intramolecular Hbond substituents is 2. The van der Waals surface area contributed by atoms with Gasteiger partial charge in [0.1, 0.15) is 11.5 Å². The smallest absolute Gasteiger partial charge is 0.161 e. The largest absolute Gasteiger partial charge is 0.664 e. The van der Waals surface area contributed by atoms with Gasteiger partial charge < -0.3 is 45.6 Å². The van der Waals surface area contributed by atoms with E-state index in [0.29, 0.717) is 78.9 Å². The van der Waals surface area contributed by atoms with E-state index in [9.17, 15) is 30.3 Å². The van der Waals surface area contributed by atoms with E-state index in [-0.39, 0.29) is 68.2 Å². The Labute approximate surface area is 380 Å². The molecule has 1 aliphatic heterocycles. The second-order valence-electron chi connectivity index (χ2n) is 18.6. The van der Waals surface area contributed by atoms with Gasteiger partial charge in [-0.3, -0.25) is 9.59 Å². The van der Waals surface area contributed by atoms with Crippen LogP contribution in [0.4, 0.5) is 5.82 Å². The van der Waals surface area contributed by atoms with Crippen molar-refractivity contribution in [2.45, 2.75) is 108 Å². The van der Waals surface area contributed by atoms with E-state index in [2.05, 4.69) is 23.2 Å². The normalized spacial score (nSPS) is 22.6. The monoisotopic (exact) mass is 877 g/mol. The molecule has 1 saturated carbocycles. The summed E-state index contributed by atoms with van der Waals surface area (Å²) in [5, 5.41) is 60.3. The van der Waals surface area contributed by atoms with Gasteiger partial charge in [0.15, 0.2) is 17.3 Å². The highest BCUT2D eigenvalue weighted by Crippen LogP contribution is 2.48. The number of carbonyl (C=O) groups excluding carboxylic acids is 2. The lowest BCUT2D eigenvalue weighted by atomic mass is 9.67. The zero-order valence-electron chi connectivity index (χ0n) is 36.8. The van der Waals surface area contributed by atoms with Gasteiger partial charge >= 0.3 is 0 Å². The maximum absolute atomic E-state index is 15.4. The van der Waals surface area contributed by atoms with E-state index in [1.165, 1.54) is 0 Å². The number of aromatic nitrogens is 2. The first-order valence-corrected chi connectivity index (χ1v) is 23.4. The number of Topliss-reactive ketones (excluding diaryl/α,β-unsaturated/α-hetero) is 2. The predicted octanol–water partition coefficient (Wildman–Crippen LogP) is 8.48. The number of hydrogen-bond acceptors (Lipinski definition) is 8. The molecule has 11 nitrogen and oxygen atoms in total. The minimum absolute atomic E-state index is 0.0112. The predicted molar refractivity (Wildman–Crippen MR) is 250 cm³/mol. The van der Waals surface area contributed by atoms with Crippen LogP contribution in [-0.4, -0.2) is 73.5 Å². The van der Waals surface area contributed by atoms with Crippen molar-refractivity contribution in [3.8, 4) is 17.2 Å². The molecule has 340 valence electrons. The molecular weight excluding hydrogens is 819 g/mol. The van der Waals surface area contributed by atoms with Crippen LogP contribution < -0.4 is 9.72 Å². The van der Waals surface area contributed by atoms with Crippen molar-refractivity contribution in [3.63, 3.8) is 0 Å². The summed E-state index contributed by atoms with van der Waals surface area (Å²) in [5.74, 6) is -1.94. The molecule has 3 heterocycles. The fraction of sp³-hybridized carbons (Fsp3) is 0.407. The Morgan fingerprint density at radius 2 is 1.71 bits per heavy atom. The molecule has 0 spiro atoms. The van der Waals surface area contributed by atoms with Gasteiger partial charge in [0.2, 0.25) is 0 Å². The number of ketones is 2. The van der Waals surface area contributed by atoms with Crippen molar-refractivity contribution in [1.29, 1.82) is 0 Å². The van der Waals surface area contributed by atoms with Gasteiger partial charge in [-0.2, -0.15) is 6.20 Å². The summed E-state index contributed by atoms with van der Waals surface area (Å²) in [6.07, 6.45) is 16.4. The number of fused-ring (bicyclic) bond motifs is 8. The first-order valence-electron chi connectivity index (χ1n) is 23.4. The van der Waals surface area contributed by atoms with Crippen LogP contribution in [0.25, 0.3) is 17.5 Å². The fourth-order valence-corrected chi connectivity index (χ4v) is 10.8. The molecule has 3 aromatic carbocycles. The second kappa shape index (κ2) is 19.3. The van der Waals surface area contributed by atoms with E-state index < -0.39 is 23.4 Å². The van der Waals surface area contributed by atoms with Crippen molar-refractivity contribution in [3.05, 3.63) is 146 Å². The third kappa shape index (κ3) is 9.60. The van der Waals surface area contributed by atoms with Gasteiger partial charge in [-0.25, -0.2) is 0 Å². The number of aryl methyl sites for hydroxylation is 3. The Balaban J connectivity index is 1.13. The Morgan fingerprint density at radius 1 is 0.862 bits per heavy atom. The van der Waals surface area contributed by atoms with Crippen LogP contribution in [0.3, 0.4) is 0 Å². The molecule has 0 amide bonds. The minimum Gasteiger partial charge on any atom is -0.664 e. The van der Waals surface area contributed by atoms with Gasteiger partial charge in [0, 0.05) is 43.1 Å². The van der Waals surface area contributed by atoms with Crippen LogP contribution in [-0.2, 0) is 41.7 Å². The molecular formula is C54H59N3O8-2. The van der Waals surface area contributed by atoms with Gasteiger partial charge in [-0.05, 0) is 135 Å². The summed E-state index contributed by atoms with van der Waals surface area (Å²) in [6.45, 7) is -0.181. The van der Waals surface area contributed by atoms with E-state index in [1.54, 1.807) is 30.5 Å². The molecule has 4 bridgehead atoms. The Morgan fingerprint density at radius 3 is 2.54 bits per heavy atom. The number of benzene rings is 3. The van der Waals surface area contributed by atoms with Crippen molar-refractivity contribution in [1.82, 2.24) is 9.97 Å². The van der Waals surface area contributed by atoms with Crippen LogP contribution in [0.15, 0.2) is 84.7 Å². The van der Waals surface area contributed by atoms with Crippen LogP contribution in [0.2, 0.25) is 0 Å². The molecule has 0 radical (unpaired) electrons. The zero-order valence-corrected chi connectivity index (χ0v) is 36.8. The number of nitrogens with one attached hydrogen (secondary N) is 1. The molecule has 4 atom stereocenters. The SMILES string of the molecule is O=C1CCc2cc(c(O)c(OC3CCCC3)c2)Cc2ccc(CCCO)c(c2)Cc2cc[nH]c2[N-]CC2=Cc3[n-]ccc3C(CC3(O)C=Cc4c(O)cccc4CC3)C2C(=O)C1CCO. The van der Waals surface area contributed by atoms with Gasteiger partial charge in [-0.15, -0.1) is 5.69 Å². The standard InChI is InChI=1S/C54H59N3O8/c58-23-4-6-35-12-10-33-25-38(35)29-37-16-21-56-53(37)57-32-40-30-46-43(17-22-55-46)45(31-54(64)19-14-36-5-3-9-47(60)42(36)15-20-54)50(40)52(63)44(18-24-59)48(61)13-11-34-27-39(26-33)51(62)49(28-34)65-41-7-1-2-8-41/h3,5,9-10,12,15-17,20-22,25,27-28,30,41,44-45,50,56,58-60,62,64H,1-2,4,6-8,11,13-14,18-19,23-24,26,29,31-32H2/q-2. The summed E-state index contributed by atoms with van der Waals surface area (Å²) in [4.78, 5) is 38.1. The Bertz CT molecular complexity index is 2600. The maximum Gasteiger partial charge on any atom is 0.161 e. The molecule has 1 fully saturated rings. The van der Waals surface area contributed by atoms with Crippen LogP contribution in [0.5, 0.6) is 17.2 Å². The third-order valence-electron chi connectivity index (χ3n) is 14.2. The highest BCUT2D eigenvalue weighted by molar-refractivity contribution is 6.05. The summed E-state index contributed by atoms with van der Waals surface area (Å²) < 4.78 is 6.45. The van der Waals surface area contributed by atoms with Gasteiger partial charge in [0.25, 0.3) is 0 Å². The highest BCUT2D eigenvalue weighted by atomic mass is 16.5. The van der Waals surface area contributed by atoms with Crippen molar-refractivity contribution in [2.75, 3.05) is 19.8 Å². The van der Waals surface area contributed by atoms with Crippen LogP contribution in [0, 0.1) is 11.8 Å². The van der Waals surface area contributed by atoms with E-state index in [4.69, 9.17) is 15.0 Å². The summed E-state index contributed by atoms with van der Waals surface area (Å²) in [7, 11) is 0. The molecule has 9 rings (SSSR count). The van der Waals surface area contributed by atoms with Crippen molar-refractivity contribution >= 4 is 29.5 Å². The average Bonchev–Trinajstić information content (AvgIpc) is 4.08. The fourth-order valence-electron chi connectivity index (χ4n) is 10.8. The highest BCUT2D eigenvalue weighted by Gasteiger charge is 2.43. The molecule has 4 unspecified atom stereocenters.